The van der Waals surface area contributed by atoms with E-state index in [4.69, 9.17) is 9.47 Å². The van der Waals surface area contributed by atoms with Gasteiger partial charge in [0.2, 0.25) is 0 Å². The Labute approximate surface area is 149 Å². The van der Waals surface area contributed by atoms with E-state index in [0.29, 0.717) is 19.1 Å². The Balaban J connectivity index is 2.06. The fourth-order valence-corrected chi connectivity index (χ4v) is 2.66. The highest BCUT2D eigenvalue weighted by Crippen LogP contribution is 2.15. The molecule has 0 saturated heterocycles. The van der Waals surface area contributed by atoms with Crippen LogP contribution in [0.2, 0.25) is 0 Å². The largest absolute Gasteiger partial charge is 0.491 e. The standard InChI is InChI=1S/C22H38O2/c1-4-6-7-8-9-10-11-12-21-13-15-22(16-14-21)24-18-17-23-19-20(3)5-2/h13-16,20H,4-12,17-19H2,1-3H3. The van der Waals surface area contributed by atoms with E-state index in [2.05, 4.69) is 45.0 Å². The molecule has 1 rings (SSSR count). The highest BCUT2D eigenvalue weighted by atomic mass is 16.5. The third kappa shape index (κ3) is 10.7. The van der Waals surface area contributed by atoms with E-state index < -0.39 is 0 Å². The molecule has 0 bridgehead atoms. The molecule has 0 aliphatic rings. The van der Waals surface area contributed by atoms with E-state index in [1.165, 1.54) is 63.4 Å². The Bertz CT molecular complexity index is 385. The second-order valence-electron chi connectivity index (χ2n) is 6.95. The molecule has 2 nitrogen and oxygen atoms in total. The normalized spacial score (nSPS) is 12.3. The molecule has 1 atom stereocenters. The minimum Gasteiger partial charge on any atom is -0.491 e. The van der Waals surface area contributed by atoms with Crippen molar-refractivity contribution in [3.8, 4) is 5.75 Å². The Kier molecular flexibility index (Phi) is 12.6. The number of unbranched alkanes of at least 4 members (excludes halogenated alkanes) is 6. The van der Waals surface area contributed by atoms with Crippen molar-refractivity contribution < 1.29 is 9.47 Å². The van der Waals surface area contributed by atoms with Crippen LogP contribution >= 0.6 is 0 Å². The molecule has 0 saturated carbocycles. The van der Waals surface area contributed by atoms with Crippen LogP contribution in [0.4, 0.5) is 0 Å². The summed E-state index contributed by atoms with van der Waals surface area (Å²) < 4.78 is 11.3. The van der Waals surface area contributed by atoms with Gasteiger partial charge in [-0.3, -0.25) is 0 Å². The van der Waals surface area contributed by atoms with Crippen LogP contribution in [0.25, 0.3) is 0 Å². The average molecular weight is 335 g/mol. The summed E-state index contributed by atoms with van der Waals surface area (Å²) in [6.45, 7) is 8.81. The van der Waals surface area contributed by atoms with Crippen LogP contribution in [0, 0.1) is 5.92 Å². The van der Waals surface area contributed by atoms with Crippen LogP contribution < -0.4 is 4.74 Å². The third-order valence-electron chi connectivity index (χ3n) is 4.59. The van der Waals surface area contributed by atoms with E-state index in [-0.39, 0.29) is 0 Å². The van der Waals surface area contributed by atoms with Crippen molar-refractivity contribution >= 4 is 0 Å². The molecule has 1 aromatic rings. The molecule has 138 valence electrons. The summed E-state index contributed by atoms with van der Waals surface area (Å²) in [7, 11) is 0. The molecule has 0 aliphatic carbocycles. The van der Waals surface area contributed by atoms with Crippen molar-refractivity contribution in [2.24, 2.45) is 5.92 Å². The van der Waals surface area contributed by atoms with Gasteiger partial charge in [-0.2, -0.15) is 0 Å². The topological polar surface area (TPSA) is 18.5 Å². The lowest BCUT2D eigenvalue weighted by Gasteiger charge is -2.10. The number of aryl methyl sites for hydroxylation is 1. The highest BCUT2D eigenvalue weighted by molar-refractivity contribution is 5.27. The molecule has 0 fully saturated rings. The Morgan fingerprint density at radius 3 is 2.17 bits per heavy atom. The van der Waals surface area contributed by atoms with Crippen LogP contribution in [-0.2, 0) is 11.2 Å². The van der Waals surface area contributed by atoms with Crippen molar-refractivity contribution in [2.75, 3.05) is 19.8 Å². The molecular weight excluding hydrogens is 296 g/mol. The summed E-state index contributed by atoms with van der Waals surface area (Å²) in [6, 6.07) is 8.58. The van der Waals surface area contributed by atoms with Crippen LogP contribution in [0.1, 0.15) is 77.7 Å². The smallest absolute Gasteiger partial charge is 0.119 e. The molecule has 0 radical (unpaired) electrons. The van der Waals surface area contributed by atoms with Gasteiger partial charge in [-0.25, -0.2) is 0 Å². The SMILES string of the molecule is CCCCCCCCCc1ccc(OCCOCC(C)CC)cc1. The molecular formula is C22H38O2. The molecule has 0 amide bonds. The zero-order chi connectivity index (χ0) is 17.5. The van der Waals surface area contributed by atoms with Crippen LogP contribution in [0.3, 0.4) is 0 Å². The molecule has 1 unspecified atom stereocenters. The maximum atomic E-state index is 5.73. The van der Waals surface area contributed by atoms with Gasteiger partial charge in [-0.15, -0.1) is 0 Å². The zero-order valence-electron chi connectivity index (χ0n) is 16.2. The monoisotopic (exact) mass is 334 g/mol. The van der Waals surface area contributed by atoms with E-state index in [1.54, 1.807) is 0 Å². The molecule has 0 aliphatic heterocycles. The number of hydrogen-bond acceptors (Lipinski definition) is 2. The van der Waals surface area contributed by atoms with Crippen LogP contribution in [0.15, 0.2) is 24.3 Å². The highest BCUT2D eigenvalue weighted by Gasteiger charge is 2.00. The molecule has 1 aromatic carbocycles. The number of rotatable bonds is 15. The van der Waals surface area contributed by atoms with Crippen molar-refractivity contribution in [3.63, 3.8) is 0 Å². The molecule has 0 N–H and O–H groups in total. The van der Waals surface area contributed by atoms with Crippen LogP contribution in [0.5, 0.6) is 5.75 Å². The van der Waals surface area contributed by atoms with Gasteiger partial charge in [-0.1, -0.05) is 77.8 Å². The van der Waals surface area contributed by atoms with Gasteiger partial charge in [-0.05, 0) is 36.5 Å². The maximum absolute atomic E-state index is 5.73. The van der Waals surface area contributed by atoms with Crippen molar-refractivity contribution in [1.29, 1.82) is 0 Å². The fraction of sp³-hybridized carbons (Fsp3) is 0.727. The van der Waals surface area contributed by atoms with Crippen LogP contribution in [-0.4, -0.2) is 19.8 Å². The second kappa shape index (κ2) is 14.3. The lowest BCUT2D eigenvalue weighted by molar-refractivity contribution is 0.0771. The second-order valence-corrected chi connectivity index (χ2v) is 6.95. The van der Waals surface area contributed by atoms with Gasteiger partial charge >= 0.3 is 0 Å². The number of benzene rings is 1. The quantitative estimate of drug-likeness (QED) is 0.344. The van der Waals surface area contributed by atoms with E-state index in [0.717, 1.165) is 12.4 Å². The number of ether oxygens (including phenoxy) is 2. The minimum atomic E-state index is 0.632. The van der Waals surface area contributed by atoms with Crippen molar-refractivity contribution in [2.45, 2.75) is 78.6 Å². The minimum absolute atomic E-state index is 0.632. The lowest BCUT2D eigenvalue weighted by Crippen LogP contribution is -2.11. The summed E-state index contributed by atoms with van der Waals surface area (Å²) in [6.07, 6.45) is 11.9. The summed E-state index contributed by atoms with van der Waals surface area (Å²) >= 11 is 0. The maximum Gasteiger partial charge on any atom is 0.119 e. The summed E-state index contributed by atoms with van der Waals surface area (Å²) in [5.74, 6) is 1.58. The summed E-state index contributed by atoms with van der Waals surface area (Å²) in [4.78, 5) is 0. The van der Waals surface area contributed by atoms with E-state index in [9.17, 15) is 0 Å². The Hall–Kier alpha value is -1.02. The van der Waals surface area contributed by atoms with Gasteiger partial charge in [0.05, 0.1) is 6.61 Å². The van der Waals surface area contributed by atoms with Gasteiger partial charge in [0.25, 0.3) is 0 Å². The first kappa shape index (κ1) is 21.0. The predicted molar refractivity (Wildman–Crippen MR) is 104 cm³/mol. The van der Waals surface area contributed by atoms with E-state index in [1.807, 2.05) is 0 Å². The molecule has 0 spiro atoms. The Morgan fingerprint density at radius 1 is 0.833 bits per heavy atom. The first-order valence-electron chi connectivity index (χ1n) is 10.1. The van der Waals surface area contributed by atoms with Gasteiger partial charge in [0.15, 0.2) is 0 Å². The summed E-state index contributed by atoms with van der Waals surface area (Å²) in [5, 5.41) is 0. The molecule has 2 heteroatoms. The first-order chi connectivity index (χ1) is 11.8. The fourth-order valence-electron chi connectivity index (χ4n) is 2.66. The number of hydrogen-bond donors (Lipinski definition) is 0. The van der Waals surface area contributed by atoms with Gasteiger partial charge in [0.1, 0.15) is 12.4 Å². The van der Waals surface area contributed by atoms with Crippen molar-refractivity contribution in [1.82, 2.24) is 0 Å². The first-order valence-corrected chi connectivity index (χ1v) is 10.1. The molecule has 24 heavy (non-hydrogen) atoms. The lowest BCUT2D eigenvalue weighted by atomic mass is 10.0. The average Bonchev–Trinajstić information content (AvgIpc) is 2.61. The van der Waals surface area contributed by atoms with Gasteiger partial charge < -0.3 is 9.47 Å². The molecule has 0 aromatic heterocycles. The predicted octanol–water partition coefficient (Wildman–Crippen LogP) is 6.42. The Morgan fingerprint density at radius 2 is 1.50 bits per heavy atom. The van der Waals surface area contributed by atoms with E-state index >= 15 is 0 Å². The molecule has 0 heterocycles. The van der Waals surface area contributed by atoms with Crippen molar-refractivity contribution in [3.05, 3.63) is 29.8 Å². The third-order valence-corrected chi connectivity index (χ3v) is 4.59. The zero-order valence-corrected chi connectivity index (χ0v) is 16.2. The van der Waals surface area contributed by atoms with Gasteiger partial charge in [0, 0.05) is 6.61 Å². The summed E-state index contributed by atoms with van der Waals surface area (Å²) in [5.41, 5.74) is 1.42.